The normalized spacial score (nSPS) is 14.9. The lowest BCUT2D eigenvalue weighted by molar-refractivity contribution is 0.381. The smallest absolute Gasteiger partial charge is 0.247 e. The molecule has 0 aliphatic heterocycles. The van der Waals surface area contributed by atoms with Gasteiger partial charge in [0.2, 0.25) is 10.0 Å². The van der Waals surface area contributed by atoms with Crippen LogP contribution in [0.15, 0.2) is 53.4 Å². The monoisotopic (exact) mass is 335 g/mol. The number of rotatable bonds is 6. The second-order valence-electron chi connectivity index (χ2n) is 5.56. The van der Waals surface area contributed by atoms with Crippen molar-refractivity contribution in [3.8, 4) is 5.75 Å². The number of methoxy groups -OCH3 is 1. The Balaban J connectivity index is 1.95. The molecule has 1 saturated carbocycles. The molecule has 0 saturated heterocycles. The van der Waals surface area contributed by atoms with Gasteiger partial charge < -0.3 is 4.74 Å². The van der Waals surface area contributed by atoms with E-state index >= 15 is 0 Å². The summed E-state index contributed by atoms with van der Waals surface area (Å²) in [6.07, 6.45) is 1.69. The Hall–Kier alpha value is -1.92. The molecule has 0 amide bonds. The predicted molar refractivity (Wildman–Crippen MR) is 85.1 cm³/mol. The van der Waals surface area contributed by atoms with Crippen molar-refractivity contribution < 1.29 is 17.5 Å². The lowest BCUT2D eigenvalue weighted by Crippen LogP contribution is -2.33. The van der Waals surface area contributed by atoms with Crippen molar-refractivity contribution in [1.82, 2.24) is 4.31 Å². The molecule has 2 aromatic carbocycles. The van der Waals surface area contributed by atoms with E-state index in [0.29, 0.717) is 5.75 Å². The van der Waals surface area contributed by atoms with Crippen molar-refractivity contribution in [2.45, 2.75) is 30.3 Å². The van der Waals surface area contributed by atoms with Gasteiger partial charge in [0.25, 0.3) is 0 Å². The topological polar surface area (TPSA) is 46.6 Å². The van der Waals surface area contributed by atoms with E-state index in [1.165, 1.54) is 23.5 Å². The molecule has 0 atom stereocenters. The highest BCUT2D eigenvalue weighted by Crippen LogP contribution is 2.36. The first-order valence-electron chi connectivity index (χ1n) is 7.41. The van der Waals surface area contributed by atoms with Crippen molar-refractivity contribution in [3.63, 3.8) is 0 Å². The van der Waals surface area contributed by atoms with E-state index < -0.39 is 10.0 Å². The summed E-state index contributed by atoms with van der Waals surface area (Å²) in [5, 5.41) is 0. The summed E-state index contributed by atoms with van der Waals surface area (Å²) in [6, 6.07) is 12.5. The lowest BCUT2D eigenvalue weighted by Gasteiger charge is -2.23. The van der Waals surface area contributed by atoms with Gasteiger partial charge in [-0.25, -0.2) is 12.8 Å². The van der Waals surface area contributed by atoms with Crippen LogP contribution in [-0.4, -0.2) is 25.9 Å². The largest absolute Gasteiger partial charge is 0.495 e. The third kappa shape index (κ3) is 3.38. The van der Waals surface area contributed by atoms with Crippen LogP contribution in [0.1, 0.15) is 18.4 Å². The molecule has 0 bridgehead atoms. The molecule has 0 N–H and O–H groups in total. The Kier molecular flexibility index (Phi) is 4.37. The Bertz CT molecular complexity index is 786. The second-order valence-corrected chi connectivity index (χ2v) is 7.42. The number of ether oxygens (including phenoxy) is 1. The van der Waals surface area contributed by atoms with Crippen LogP contribution < -0.4 is 4.74 Å². The molecule has 4 nitrogen and oxygen atoms in total. The fourth-order valence-electron chi connectivity index (χ4n) is 2.50. The molecule has 1 fully saturated rings. The van der Waals surface area contributed by atoms with Gasteiger partial charge >= 0.3 is 0 Å². The van der Waals surface area contributed by atoms with Crippen molar-refractivity contribution in [3.05, 3.63) is 59.9 Å². The molecule has 0 aromatic heterocycles. The molecular formula is C17H18FNO3S. The van der Waals surface area contributed by atoms with Gasteiger partial charge in [-0.15, -0.1) is 0 Å². The fourth-order valence-corrected chi connectivity index (χ4v) is 4.33. The lowest BCUT2D eigenvalue weighted by atomic mass is 10.2. The minimum Gasteiger partial charge on any atom is -0.495 e. The van der Waals surface area contributed by atoms with Gasteiger partial charge in [-0.3, -0.25) is 0 Å². The highest BCUT2D eigenvalue weighted by molar-refractivity contribution is 7.89. The molecule has 0 unspecified atom stereocenters. The maximum absolute atomic E-state index is 13.0. The van der Waals surface area contributed by atoms with E-state index in [-0.39, 0.29) is 23.3 Å². The molecule has 3 rings (SSSR count). The van der Waals surface area contributed by atoms with E-state index in [4.69, 9.17) is 4.74 Å². The molecule has 0 radical (unpaired) electrons. The molecule has 1 aliphatic carbocycles. The number of benzene rings is 2. The molecule has 0 spiro atoms. The molecule has 122 valence electrons. The Morgan fingerprint density at radius 2 is 1.78 bits per heavy atom. The van der Waals surface area contributed by atoms with Gasteiger partial charge in [0.1, 0.15) is 16.5 Å². The summed E-state index contributed by atoms with van der Waals surface area (Å²) in [7, 11) is -2.22. The van der Waals surface area contributed by atoms with E-state index in [1.807, 2.05) is 0 Å². The average Bonchev–Trinajstić information content (AvgIpc) is 3.38. The number of nitrogens with zero attached hydrogens (tertiary/aromatic N) is 1. The molecule has 1 aliphatic rings. The fraction of sp³-hybridized carbons (Fsp3) is 0.294. The van der Waals surface area contributed by atoms with Gasteiger partial charge in [-0.05, 0) is 42.7 Å². The van der Waals surface area contributed by atoms with Gasteiger partial charge in [0.05, 0.1) is 7.11 Å². The molecule has 0 heterocycles. The van der Waals surface area contributed by atoms with Crippen LogP contribution in [0, 0.1) is 5.82 Å². The van der Waals surface area contributed by atoms with E-state index in [2.05, 4.69) is 0 Å². The number of hydrogen-bond acceptors (Lipinski definition) is 3. The van der Waals surface area contributed by atoms with Gasteiger partial charge in [0, 0.05) is 12.6 Å². The predicted octanol–water partition coefficient (Wildman–Crippen LogP) is 3.19. The zero-order valence-corrected chi connectivity index (χ0v) is 13.6. The van der Waals surface area contributed by atoms with Crippen LogP contribution >= 0.6 is 0 Å². The number of halogens is 1. The summed E-state index contributed by atoms with van der Waals surface area (Å²) < 4.78 is 45.8. The molecule has 2 aromatic rings. The number of para-hydroxylation sites is 1. The first-order chi connectivity index (χ1) is 11.0. The standard InChI is InChI=1S/C17H18FNO3S/c1-22-16-4-2-3-5-17(16)23(20,21)19(15-10-11-15)12-13-6-8-14(18)9-7-13/h2-9,15H,10-12H2,1H3. The maximum Gasteiger partial charge on any atom is 0.247 e. The van der Waals surface area contributed by atoms with E-state index in [0.717, 1.165) is 18.4 Å². The molecular weight excluding hydrogens is 317 g/mol. The van der Waals surface area contributed by atoms with E-state index in [9.17, 15) is 12.8 Å². The molecule has 23 heavy (non-hydrogen) atoms. The zero-order valence-electron chi connectivity index (χ0n) is 12.8. The number of sulfonamides is 1. The first-order valence-corrected chi connectivity index (χ1v) is 8.85. The van der Waals surface area contributed by atoms with Gasteiger partial charge in [-0.1, -0.05) is 24.3 Å². The quantitative estimate of drug-likeness (QED) is 0.814. The van der Waals surface area contributed by atoms with Crippen LogP contribution in [0.3, 0.4) is 0 Å². The number of hydrogen-bond donors (Lipinski definition) is 0. The van der Waals surface area contributed by atoms with Crippen LogP contribution in [0.5, 0.6) is 5.75 Å². The summed E-state index contributed by atoms with van der Waals surface area (Å²) in [5.41, 5.74) is 0.761. The van der Waals surface area contributed by atoms with Crippen LogP contribution in [0.25, 0.3) is 0 Å². The van der Waals surface area contributed by atoms with Crippen molar-refractivity contribution in [2.24, 2.45) is 0 Å². The van der Waals surface area contributed by atoms with Crippen LogP contribution in [-0.2, 0) is 16.6 Å². The summed E-state index contributed by atoms with van der Waals surface area (Å²) >= 11 is 0. The minimum atomic E-state index is -3.67. The third-order valence-corrected chi connectivity index (χ3v) is 5.80. The highest BCUT2D eigenvalue weighted by Gasteiger charge is 2.39. The zero-order chi connectivity index (χ0) is 16.4. The van der Waals surface area contributed by atoms with Crippen molar-refractivity contribution in [2.75, 3.05) is 7.11 Å². The summed E-state index contributed by atoms with van der Waals surface area (Å²) in [6.45, 7) is 0.228. The van der Waals surface area contributed by atoms with Crippen molar-refractivity contribution in [1.29, 1.82) is 0 Å². The SMILES string of the molecule is COc1ccccc1S(=O)(=O)N(Cc1ccc(F)cc1)C1CC1. The van der Waals surface area contributed by atoms with E-state index in [1.54, 1.807) is 36.4 Å². The Morgan fingerprint density at radius 3 is 2.39 bits per heavy atom. The third-order valence-electron chi connectivity index (χ3n) is 3.86. The van der Waals surface area contributed by atoms with Gasteiger partial charge in [0.15, 0.2) is 0 Å². The summed E-state index contributed by atoms with van der Waals surface area (Å²) in [4.78, 5) is 0.163. The first kappa shape index (κ1) is 16.0. The Morgan fingerprint density at radius 1 is 1.13 bits per heavy atom. The molecule has 6 heteroatoms. The highest BCUT2D eigenvalue weighted by atomic mass is 32.2. The minimum absolute atomic E-state index is 0.00466. The van der Waals surface area contributed by atoms with Crippen molar-refractivity contribution >= 4 is 10.0 Å². The van der Waals surface area contributed by atoms with Crippen LogP contribution in [0.4, 0.5) is 4.39 Å². The summed E-state index contributed by atoms with van der Waals surface area (Å²) in [5.74, 6) is -0.00318. The van der Waals surface area contributed by atoms with Gasteiger partial charge in [-0.2, -0.15) is 4.31 Å². The maximum atomic E-state index is 13.0. The Labute approximate surface area is 135 Å². The van der Waals surface area contributed by atoms with Crippen LogP contribution in [0.2, 0.25) is 0 Å². The average molecular weight is 335 g/mol. The second kappa shape index (κ2) is 6.29.